The van der Waals surface area contributed by atoms with Crippen molar-refractivity contribution in [1.29, 1.82) is 0 Å². The molecule has 2 saturated heterocycles. The largest absolute Gasteiger partial charge is 0.392 e. The Hall–Kier alpha value is -0.770. The van der Waals surface area contributed by atoms with Crippen LogP contribution in [0.25, 0.3) is 0 Å². The maximum Gasteiger partial charge on any atom is 0.0702 e. The molecular formula is C15H21ClN2O. The van der Waals surface area contributed by atoms with Gasteiger partial charge in [0.2, 0.25) is 0 Å². The van der Waals surface area contributed by atoms with Crippen LogP contribution in [0, 0.1) is 0 Å². The van der Waals surface area contributed by atoms with Crippen LogP contribution in [0.3, 0.4) is 0 Å². The molecule has 1 aromatic carbocycles. The number of benzene rings is 1. The van der Waals surface area contributed by atoms with E-state index >= 15 is 0 Å². The van der Waals surface area contributed by atoms with Crippen LogP contribution in [-0.4, -0.2) is 42.2 Å². The van der Waals surface area contributed by atoms with Gasteiger partial charge in [0, 0.05) is 24.7 Å². The Balaban J connectivity index is 1.77. The Morgan fingerprint density at radius 3 is 2.74 bits per heavy atom. The molecule has 1 atom stereocenters. The molecule has 1 unspecified atom stereocenters. The summed E-state index contributed by atoms with van der Waals surface area (Å²) in [5, 5.41) is 10.2. The number of nitrogens with zero attached hydrogens (tertiary/aromatic N) is 2. The number of hydrogen-bond acceptors (Lipinski definition) is 3. The predicted octanol–water partition coefficient (Wildman–Crippen LogP) is 2.51. The number of aliphatic hydroxyl groups excluding tert-OH is 1. The Morgan fingerprint density at radius 2 is 2.00 bits per heavy atom. The van der Waals surface area contributed by atoms with Gasteiger partial charge in [0.1, 0.15) is 0 Å². The second kappa shape index (κ2) is 5.70. The first-order valence-electron chi connectivity index (χ1n) is 7.17. The van der Waals surface area contributed by atoms with Gasteiger partial charge >= 0.3 is 0 Å². The summed E-state index contributed by atoms with van der Waals surface area (Å²) in [6.07, 6.45) is 3.88. The van der Waals surface area contributed by atoms with Crippen LogP contribution >= 0.6 is 11.6 Å². The molecule has 0 spiro atoms. The minimum atomic E-state index is 0.0563. The van der Waals surface area contributed by atoms with Crippen molar-refractivity contribution in [2.24, 2.45) is 0 Å². The lowest BCUT2D eigenvalue weighted by Crippen LogP contribution is -2.35. The van der Waals surface area contributed by atoms with Crippen molar-refractivity contribution in [2.45, 2.75) is 31.9 Å². The molecule has 1 aromatic rings. The van der Waals surface area contributed by atoms with Crippen LogP contribution < -0.4 is 4.90 Å². The molecule has 2 fully saturated rings. The van der Waals surface area contributed by atoms with E-state index in [9.17, 15) is 5.11 Å². The van der Waals surface area contributed by atoms with Crippen molar-refractivity contribution >= 4 is 17.3 Å². The van der Waals surface area contributed by atoms with Gasteiger partial charge in [-0.3, -0.25) is 4.90 Å². The third-order valence-electron chi connectivity index (χ3n) is 4.38. The van der Waals surface area contributed by atoms with E-state index < -0.39 is 0 Å². The molecule has 2 aliphatic rings. The van der Waals surface area contributed by atoms with E-state index in [0.29, 0.717) is 6.04 Å². The summed E-state index contributed by atoms with van der Waals surface area (Å²) in [6, 6.07) is 6.44. The van der Waals surface area contributed by atoms with Crippen LogP contribution in [0.5, 0.6) is 0 Å². The molecular weight excluding hydrogens is 260 g/mol. The topological polar surface area (TPSA) is 26.7 Å². The lowest BCUT2D eigenvalue weighted by molar-refractivity contribution is 0.260. The highest BCUT2D eigenvalue weighted by atomic mass is 35.5. The van der Waals surface area contributed by atoms with Gasteiger partial charge < -0.3 is 10.0 Å². The van der Waals surface area contributed by atoms with E-state index in [1.807, 2.05) is 18.2 Å². The fourth-order valence-corrected chi connectivity index (χ4v) is 3.71. The van der Waals surface area contributed by atoms with Crippen LogP contribution in [0.2, 0.25) is 5.02 Å². The Labute approximate surface area is 119 Å². The molecule has 0 aromatic heterocycles. The van der Waals surface area contributed by atoms with E-state index in [-0.39, 0.29) is 6.61 Å². The summed E-state index contributed by atoms with van der Waals surface area (Å²) in [4.78, 5) is 4.95. The van der Waals surface area contributed by atoms with Crippen molar-refractivity contribution in [3.8, 4) is 0 Å². The third kappa shape index (κ3) is 2.60. The SMILES string of the molecule is OCc1cccc(Cl)c1N1CCC(N2CCCC2)C1. The van der Waals surface area contributed by atoms with E-state index in [0.717, 1.165) is 29.4 Å². The molecule has 2 aliphatic heterocycles. The monoisotopic (exact) mass is 280 g/mol. The maximum absolute atomic E-state index is 9.48. The number of rotatable bonds is 3. The fraction of sp³-hybridized carbons (Fsp3) is 0.600. The van der Waals surface area contributed by atoms with Crippen molar-refractivity contribution in [3.05, 3.63) is 28.8 Å². The smallest absolute Gasteiger partial charge is 0.0702 e. The third-order valence-corrected chi connectivity index (χ3v) is 4.68. The number of aliphatic hydroxyl groups is 1. The summed E-state index contributed by atoms with van der Waals surface area (Å²) in [5.74, 6) is 0. The molecule has 19 heavy (non-hydrogen) atoms. The normalized spacial score (nSPS) is 24.3. The number of hydrogen-bond donors (Lipinski definition) is 1. The maximum atomic E-state index is 9.48. The van der Waals surface area contributed by atoms with Gasteiger partial charge in [-0.2, -0.15) is 0 Å². The van der Waals surface area contributed by atoms with Crippen LogP contribution in [-0.2, 0) is 6.61 Å². The molecule has 0 saturated carbocycles. The highest BCUT2D eigenvalue weighted by Crippen LogP contribution is 2.33. The standard InChI is InChI=1S/C15H21ClN2O/c16-14-5-3-4-12(11-19)15(14)18-9-6-13(10-18)17-7-1-2-8-17/h3-5,13,19H,1-2,6-11H2. The average molecular weight is 281 g/mol. The number of para-hydroxylation sites is 1. The van der Waals surface area contributed by atoms with Crippen molar-refractivity contribution < 1.29 is 5.11 Å². The van der Waals surface area contributed by atoms with Crippen LogP contribution in [0.1, 0.15) is 24.8 Å². The summed E-state index contributed by atoms with van der Waals surface area (Å²) in [7, 11) is 0. The molecule has 0 aliphatic carbocycles. The van der Waals surface area contributed by atoms with Crippen molar-refractivity contribution in [2.75, 3.05) is 31.1 Å². The Bertz CT molecular complexity index is 446. The second-order valence-corrected chi connectivity index (χ2v) is 5.94. The number of halogens is 1. The molecule has 0 radical (unpaired) electrons. The number of likely N-dealkylation sites (tertiary alicyclic amines) is 1. The molecule has 2 heterocycles. The first kappa shape index (κ1) is 13.2. The van der Waals surface area contributed by atoms with Gasteiger partial charge in [-0.15, -0.1) is 0 Å². The summed E-state index contributed by atoms with van der Waals surface area (Å²) < 4.78 is 0. The van der Waals surface area contributed by atoms with Gasteiger partial charge in [0.25, 0.3) is 0 Å². The quantitative estimate of drug-likeness (QED) is 0.922. The zero-order valence-corrected chi connectivity index (χ0v) is 11.9. The average Bonchev–Trinajstić information content (AvgIpc) is 3.08. The van der Waals surface area contributed by atoms with Gasteiger partial charge in [0.15, 0.2) is 0 Å². The van der Waals surface area contributed by atoms with E-state index in [1.165, 1.54) is 32.4 Å². The minimum Gasteiger partial charge on any atom is -0.392 e. The first-order valence-corrected chi connectivity index (χ1v) is 7.54. The predicted molar refractivity (Wildman–Crippen MR) is 78.8 cm³/mol. The lowest BCUT2D eigenvalue weighted by Gasteiger charge is -2.26. The van der Waals surface area contributed by atoms with Gasteiger partial charge in [-0.25, -0.2) is 0 Å². The minimum absolute atomic E-state index is 0.0563. The fourth-order valence-electron chi connectivity index (χ4n) is 3.39. The number of anilines is 1. The Kier molecular flexibility index (Phi) is 3.96. The van der Waals surface area contributed by atoms with Crippen LogP contribution in [0.4, 0.5) is 5.69 Å². The van der Waals surface area contributed by atoms with Gasteiger partial charge in [-0.1, -0.05) is 23.7 Å². The summed E-state index contributed by atoms with van der Waals surface area (Å²) in [6.45, 7) is 4.62. The Morgan fingerprint density at radius 1 is 1.21 bits per heavy atom. The molecule has 3 nitrogen and oxygen atoms in total. The highest BCUT2D eigenvalue weighted by Gasteiger charge is 2.30. The molecule has 104 valence electrons. The van der Waals surface area contributed by atoms with E-state index in [4.69, 9.17) is 11.6 Å². The van der Waals surface area contributed by atoms with Gasteiger partial charge in [-0.05, 0) is 38.4 Å². The molecule has 4 heteroatoms. The summed E-state index contributed by atoms with van der Waals surface area (Å²) in [5.41, 5.74) is 1.97. The summed E-state index contributed by atoms with van der Waals surface area (Å²) >= 11 is 6.33. The first-order chi connectivity index (χ1) is 9.29. The van der Waals surface area contributed by atoms with Gasteiger partial charge in [0.05, 0.1) is 17.3 Å². The molecule has 3 rings (SSSR count). The highest BCUT2D eigenvalue weighted by molar-refractivity contribution is 6.33. The van der Waals surface area contributed by atoms with Crippen molar-refractivity contribution in [3.63, 3.8) is 0 Å². The zero-order chi connectivity index (χ0) is 13.2. The van der Waals surface area contributed by atoms with Crippen molar-refractivity contribution in [1.82, 2.24) is 4.90 Å². The van der Waals surface area contributed by atoms with Crippen LogP contribution in [0.15, 0.2) is 18.2 Å². The van der Waals surface area contributed by atoms with E-state index in [1.54, 1.807) is 0 Å². The molecule has 0 bridgehead atoms. The lowest BCUT2D eigenvalue weighted by atomic mass is 10.1. The van der Waals surface area contributed by atoms with E-state index in [2.05, 4.69) is 9.80 Å². The second-order valence-electron chi connectivity index (χ2n) is 5.54. The zero-order valence-electron chi connectivity index (χ0n) is 11.2. The molecule has 1 N–H and O–H groups in total. The molecule has 0 amide bonds.